The number of aliphatic carboxylic acids is 1. The summed E-state index contributed by atoms with van der Waals surface area (Å²) in [4.78, 5) is 89.1. The molecule has 7 aromatic rings. The number of thioether (sulfide) groups is 1. The standard InChI is InChI=1S/C62H69N7O8S/c1-61(2,3)77-60(76)69-52(38-43-25-11-5-12-26-43)56(71)68-54(41-78-62(45-27-13-6-14-28-45,46-29-15-7-16-30-46)47-31-17-8-18-32-47)58(73)66-51(37-42-23-9-4-10-24-42)55(70)67-53(39-44-40-64-49-34-20-19-33-48(44)49)57(72)65-50(59(74)75)35-21-22-36-63/h4-20,23-34,40,50-54,64H,21-22,35-39,41,63H2,1-3H3,(H,65,72)(H,66,73)(H,67,70)(H,68,71)(H,69,76)(H,74,75)/t50-,51-,52+,53+,54-/m0/s1. The highest BCUT2D eigenvalue weighted by atomic mass is 32.2. The molecule has 0 aliphatic heterocycles. The molecule has 15 nitrogen and oxygen atoms in total. The van der Waals surface area contributed by atoms with Crippen LogP contribution in [-0.4, -0.2) is 93.9 Å². The molecule has 0 saturated heterocycles. The highest BCUT2D eigenvalue weighted by Crippen LogP contribution is 2.48. The first kappa shape index (κ1) is 57.5. The Morgan fingerprint density at radius 3 is 1.41 bits per heavy atom. The van der Waals surface area contributed by atoms with Crippen molar-refractivity contribution < 1.29 is 38.6 Å². The van der Waals surface area contributed by atoms with Gasteiger partial charge in [0.1, 0.15) is 35.8 Å². The van der Waals surface area contributed by atoms with Gasteiger partial charge in [-0.2, -0.15) is 0 Å². The number of aromatic nitrogens is 1. The zero-order valence-corrected chi connectivity index (χ0v) is 45.0. The number of carbonyl (C=O) groups is 6. The van der Waals surface area contributed by atoms with Gasteiger partial charge in [0.15, 0.2) is 0 Å². The number of unbranched alkanes of at least 4 members (excludes halogenated alkanes) is 1. The summed E-state index contributed by atoms with van der Waals surface area (Å²) >= 11 is 1.42. The SMILES string of the molecule is CC(C)(C)OC(=O)N[C@H](Cc1ccccc1)C(=O)N[C@@H](CSC(c1ccccc1)(c1ccccc1)c1ccccc1)C(=O)N[C@@H](Cc1ccccc1)C(=O)N[C@H](Cc1c[nH]c2ccccc12)C(=O)N[C@@H](CCCCN)C(=O)O. The van der Waals surface area contributed by atoms with E-state index in [1.807, 2.05) is 152 Å². The number of benzene rings is 6. The molecule has 6 aromatic carbocycles. The predicted octanol–water partition coefficient (Wildman–Crippen LogP) is 7.97. The summed E-state index contributed by atoms with van der Waals surface area (Å²) in [6.07, 6.45) is 1.99. The second kappa shape index (κ2) is 27.7. The summed E-state index contributed by atoms with van der Waals surface area (Å²) in [5, 5.41) is 25.3. The summed E-state index contributed by atoms with van der Waals surface area (Å²) in [7, 11) is 0. The molecule has 0 fully saturated rings. The molecule has 0 aliphatic rings. The average molecular weight is 1070 g/mol. The van der Waals surface area contributed by atoms with Crippen LogP contribution in [0.5, 0.6) is 0 Å². The topological polar surface area (TPSA) is 234 Å². The number of hydrogen-bond acceptors (Lipinski definition) is 9. The molecule has 0 spiro atoms. The third-order valence-electron chi connectivity index (χ3n) is 13.1. The van der Waals surface area contributed by atoms with Crippen molar-refractivity contribution in [2.75, 3.05) is 12.3 Å². The zero-order chi connectivity index (χ0) is 55.5. The summed E-state index contributed by atoms with van der Waals surface area (Å²) < 4.78 is 4.67. The van der Waals surface area contributed by atoms with Gasteiger partial charge in [0.05, 0.1) is 4.75 Å². The summed E-state index contributed by atoms with van der Waals surface area (Å²) in [5.74, 6) is -4.18. The van der Waals surface area contributed by atoms with Gasteiger partial charge in [-0.15, -0.1) is 11.8 Å². The normalized spacial score (nSPS) is 13.4. The van der Waals surface area contributed by atoms with Crippen molar-refractivity contribution in [3.63, 3.8) is 0 Å². The van der Waals surface area contributed by atoms with Gasteiger partial charge in [0.2, 0.25) is 23.6 Å². The molecule has 9 N–H and O–H groups in total. The van der Waals surface area contributed by atoms with Crippen LogP contribution >= 0.6 is 11.8 Å². The number of nitrogens with two attached hydrogens (primary N) is 1. The minimum Gasteiger partial charge on any atom is -0.480 e. The van der Waals surface area contributed by atoms with E-state index in [9.17, 15) is 24.3 Å². The van der Waals surface area contributed by atoms with Crippen molar-refractivity contribution in [2.24, 2.45) is 5.73 Å². The van der Waals surface area contributed by atoms with E-state index in [1.165, 1.54) is 11.8 Å². The molecule has 0 saturated carbocycles. The number of rotatable bonds is 26. The molecule has 1 aromatic heterocycles. The molecular formula is C62H69N7O8S. The molecule has 1 heterocycles. The maximum Gasteiger partial charge on any atom is 0.408 e. The van der Waals surface area contributed by atoms with E-state index >= 15 is 9.59 Å². The molecular weight excluding hydrogens is 1000 g/mol. The molecule has 78 heavy (non-hydrogen) atoms. The first-order valence-electron chi connectivity index (χ1n) is 26.2. The smallest absolute Gasteiger partial charge is 0.408 e. The second-order valence-corrected chi connectivity index (χ2v) is 21.3. The van der Waals surface area contributed by atoms with Crippen LogP contribution in [-0.2, 0) is 52.7 Å². The van der Waals surface area contributed by atoms with Crippen LogP contribution in [0.25, 0.3) is 10.9 Å². The van der Waals surface area contributed by atoms with Gasteiger partial charge in [-0.25, -0.2) is 9.59 Å². The minimum absolute atomic E-state index is 0.0357. The summed E-state index contributed by atoms with van der Waals surface area (Å²) in [5.41, 5.74) is 10.4. The Morgan fingerprint density at radius 1 is 0.526 bits per heavy atom. The lowest BCUT2D eigenvalue weighted by molar-refractivity contribution is -0.142. The van der Waals surface area contributed by atoms with Crippen molar-refractivity contribution in [3.8, 4) is 0 Å². The Bertz CT molecular complexity index is 2970. The van der Waals surface area contributed by atoms with E-state index in [4.69, 9.17) is 10.5 Å². The largest absolute Gasteiger partial charge is 0.480 e. The number of amides is 5. The monoisotopic (exact) mass is 1070 g/mol. The molecule has 406 valence electrons. The first-order chi connectivity index (χ1) is 37.6. The number of aromatic amines is 1. The van der Waals surface area contributed by atoms with Crippen molar-refractivity contribution in [1.82, 2.24) is 31.6 Å². The van der Waals surface area contributed by atoms with Crippen LogP contribution in [0.2, 0.25) is 0 Å². The van der Waals surface area contributed by atoms with Gasteiger partial charge in [-0.3, -0.25) is 19.2 Å². The summed E-state index contributed by atoms with van der Waals surface area (Å²) in [6.45, 7) is 5.49. The van der Waals surface area contributed by atoms with E-state index in [-0.39, 0.29) is 31.4 Å². The van der Waals surface area contributed by atoms with E-state index < -0.39 is 76.2 Å². The number of hydrogen-bond donors (Lipinski definition) is 8. The molecule has 5 amide bonds. The fourth-order valence-corrected chi connectivity index (χ4v) is 10.9. The number of fused-ring (bicyclic) bond motifs is 1. The van der Waals surface area contributed by atoms with E-state index in [1.54, 1.807) is 51.2 Å². The number of nitrogens with one attached hydrogen (secondary N) is 6. The predicted molar refractivity (Wildman–Crippen MR) is 305 cm³/mol. The fourth-order valence-electron chi connectivity index (χ4n) is 9.30. The van der Waals surface area contributed by atoms with Crippen molar-refractivity contribution in [3.05, 3.63) is 216 Å². The molecule has 7 rings (SSSR count). The number of alkyl carbamates (subject to hydrolysis) is 1. The molecule has 16 heteroatoms. The maximum absolute atomic E-state index is 15.5. The fraction of sp³-hybridized carbons (Fsp3) is 0.290. The Hall–Kier alpha value is -8.21. The van der Waals surface area contributed by atoms with Gasteiger partial charge in [0.25, 0.3) is 0 Å². The molecule has 5 atom stereocenters. The number of H-pyrrole nitrogens is 1. The van der Waals surface area contributed by atoms with Gasteiger partial charge < -0.3 is 47.1 Å². The van der Waals surface area contributed by atoms with Crippen LogP contribution in [0, 0.1) is 0 Å². The number of para-hydroxylation sites is 1. The Kier molecular flexibility index (Phi) is 20.4. The zero-order valence-electron chi connectivity index (χ0n) is 44.2. The highest BCUT2D eigenvalue weighted by molar-refractivity contribution is 8.00. The van der Waals surface area contributed by atoms with Crippen LogP contribution in [0.15, 0.2) is 182 Å². The van der Waals surface area contributed by atoms with Crippen LogP contribution in [0.1, 0.15) is 73.4 Å². The minimum atomic E-state index is -1.36. The lowest BCUT2D eigenvalue weighted by Crippen LogP contribution is -2.60. The Labute approximate surface area is 459 Å². The van der Waals surface area contributed by atoms with Crippen LogP contribution in [0.3, 0.4) is 0 Å². The summed E-state index contributed by atoms with van der Waals surface area (Å²) in [6, 6.07) is 48.7. The number of ether oxygens (including phenoxy) is 1. The number of carboxylic acid groups (broad SMARTS) is 1. The second-order valence-electron chi connectivity index (χ2n) is 20.1. The van der Waals surface area contributed by atoms with Gasteiger partial charge in [-0.05, 0) is 86.0 Å². The van der Waals surface area contributed by atoms with Crippen molar-refractivity contribution >= 4 is 58.4 Å². The quantitative estimate of drug-likeness (QED) is 0.0192. The number of carboxylic acids is 1. The van der Waals surface area contributed by atoms with Crippen molar-refractivity contribution in [1.29, 1.82) is 0 Å². The molecule has 0 unspecified atom stereocenters. The first-order valence-corrected chi connectivity index (χ1v) is 27.2. The Balaban J connectivity index is 1.28. The van der Waals surface area contributed by atoms with Crippen molar-refractivity contribution in [2.45, 2.75) is 99.9 Å². The molecule has 0 radical (unpaired) electrons. The van der Waals surface area contributed by atoms with E-state index in [0.717, 1.165) is 33.2 Å². The maximum atomic E-state index is 15.5. The lowest BCUT2D eigenvalue weighted by Gasteiger charge is -2.37. The van der Waals surface area contributed by atoms with E-state index in [2.05, 4.69) is 31.6 Å². The van der Waals surface area contributed by atoms with Gasteiger partial charge >= 0.3 is 12.1 Å². The number of carbonyl (C=O) groups excluding carboxylic acids is 5. The van der Waals surface area contributed by atoms with Gasteiger partial charge in [0, 0.05) is 42.1 Å². The average Bonchev–Trinajstić information content (AvgIpc) is 3.95. The van der Waals surface area contributed by atoms with E-state index in [0.29, 0.717) is 30.5 Å². The molecule has 0 aliphatic carbocycles. The van der Waals surface area contributed by atoms with Gasteiger partial charge in [-0.1, -0.05) is 170 Å². The lowest BCUT2D eigenvalue weighted by atomic mass is 9.84. The highest BCUT2D eigenvalue weighted by Gasteiger charge is 2.40. The van der Waals surface area contributed by atoms with Crippen LogP contribution in [0.4, 0.5) is 4.79 Å². The Morgan fingerprint density at radius 2 is 0.936 bits per heavy atom. The third-order valence-corrected chi connectivity index (χ3v) is 14.8. The third kappa shape index (κ3) is 15.9. The molecule has 0 bridgehead atoms. The van der Waals surface area contributed by atoms with Crippen LogP contribution < -0.4 is 32.3 Å².